The normalized spacial score (nSPS) is 21.9. The maximum Gasteiger partial charge on any atom is 0.308 e. The van der Waals surface area contributed by atoms with Gasteiger partial charge in [-0.05, 0) is 18.1 Å². The molecule has 1 N–H and O–H groups in total. The minimum absolute atomic E-state index is 0.0711. The molecule has 1 aliphatic heterocycles. The fourth-order valence-corrected chi connectivity index (χ4v) is 3.26. The number of nitrogens with zero attached hydrogens (tertiary/aromatic N) is 1. The molecule has 114 valence electrons. The van der Waals surface area contributed by atoms with Gasteiger partial charge in [0.2, 0.25) is 0 Å². The molecule has 1 saturated heterocycles. The van der Waals surface area contributed by atoms with Gasteiger partial charge in [0.15, 0.2) is 0 Å². The molecule has 3 rings (SSSR count). The summed E-state index contributed by atoms with van der Waals surface area (Å²) in [6.45, 7) is 4.28. The molecule has 2 atom stereocenters. The number of rotatable bonds is 4. The van der Waals surface area contributed by atoms with Gasteiger partial charge in [-0.25, -0.2) is 0 Å². The van der Waals surface area contributed by atoms with Gasteiger partial charge in [-0.3, -0.25) is 9.69 Å². The third-order valence-corrected chi connectivity index (χ3v) is 4.47. The molecular weight excluding hydrogens is 274 g/mol. The van der Waals surface area contributed by atoms with Crippen molar-refractivity contribution in [2.75, 3.05) is 13.1 Å². The number of carboxylic acid groups (broad SMARTS) is 1. The van der Waals surface area contributed by atoms with Crippen molar-refractivity contribution in [1.29, 1.82) is 0 Å². The van der Waals surface area contributed by atoms with Gasteiger partial charge in [0, 0.05) is 25.6 Å². The summed E-state index contributed by atoms with van der Waals surface area (Å²) >= 11 is 0. The standard InChI is InChI=1S/C19H21NO2/c1-14-7-9-16(10-8-14)17-12-20(13-18(17)19(21)22)11-15-5-3-2-4-6-15/h2-10,17-18H,11-13H2,1H3,(H,21,22)/t17?,18-/m1/s1. The minimum Gasteiger partial charge on any atom is -0.481 e. The summed E-state index contributed by atoms with van der Waals surface area (Å²) in [6, 6.07) is 18.5. The summed E-state index contributed by atoms with van der Waals surface area (Å²) in [7, 11) is 0. The van der Waals surface area contributed by atoms with Gasteiger partial charge in [0.1, 0.15) is 0 Å². The van der Waals surface area contributed by atoms with Crippen molar-refractivity contribution in [2.45, 2.75) is 19.4 Å². The highest BCUT2D eigenvalue weighted by atomic mass is 16.4. The lowest BCUT2D eigenvalue weighted by Gasteiger charge is -2.16. The lowest BCUT2D eigenvalue weighted by molar-refractivity contribution is -0.141. The van der Waals surface area contributed by atoms with E-state index in [0.717, 1.165) is 18.7 Å². The van der Waals surface area contributed by atoms with Crippen LogP contribution in [0.4, 0.5) is 0 Å². The Hall–Kier alpha value is -2.13. The van der Waals surface area contributed by atoms with Crippen LogP contribution in [0.1, 0.15) is 22.6 Å². The van der Waals surface area contributed by atoms with E-state index in [9.17, 15) is 9.90 Å². The minimum atomic E-state index is -0.693. The van der Waals surface area contributed by atoms with Gasteiger partial charge in [-0.15, -0.1) is 0 Å². The first kappa shape index (κ1) is 14.8. The molecule has 0 bridgehead atoms. The van der Waals surface area contributed by atoms with Crippen LogP contribution >= 0.6 is 0 Å². The van der Waals surface area contributed by atoms with Crippen LogP contribution in [-0.2, 0) is 11.3 Å². The molecule has 0 amide bonds. The Balaban J connectivity index is 1.77. The Bertz CT molecular complexity index is 636. The molecular formula is C19H21NO2. The molecule has 0 spiro atoms. The molecule has 2 aromatic rings. The van der Waals surface area contributed by atoms with Gasteiger partial charge >= 0.3 is 5.97 Å². The van der Waals surface area contributed by atoms with Gasteiger partial charge in [0.25, 0.3) is 0 Å². The summed E-state index contributed by atoms with van der Waals surface area (Å²) in [5.41, 5.74) is 3.57. The summed E-state index contributed by atoms with van der Waals surface area (Å²) in [5.74, 6) is -0.950. The second-order valence-electron chi connectivity index (χ2n) is 6.14. The zero-order valence-electron chi connectivity index (χ0n) is 12.8. The number of likely N-dealkylation sites (tertiary alicyclic amines) is 1. The number of hydrogen-bond acceptors (Lipinski definition) is 2. The van der Waals surface area contributed by atoms with E-state index < -0.39 is 5.97 Å². The van der Waals surface area contributed by atoms with Crippen molar-refractivity contribution in [2.24, 2.45) is 5.92 Å². The van der Waals surface area contributed by atoms with Crippen LogP contribution < -0.4 is 0 Å². The highest BCUT2D eigenvalue weighted by Crippen LogP contribution is 2.33. The number of benzene rings is 2. The fourth-order valence-electron chi connectivity index (χ4n) is 3.26. The van der Waals surface area contributed by atoms with Gasteiger partial charge < -0.3 is 5.11 Å². The second-order valence-corrected chi connectivity index (χ2v) is 6.14. The maximum atomic E-state index is 11.6. The first-order valence-electron chi connectivity index (χ1n) is 7.69. The molecule has 1 unspecified atom stereocenters. The zero-order valence-corrected chi connectivity index (χ0v) is 12.8. The fraction of sp³-hybridized carbons (Fsp3) is 0.316. The topological polar surface area (TPSA) is 40.5 Å². The highest BCUT2D eigenvalue weighted by molar-refractivity contribution is 5.72. The Morgan fingerprint density at radius 2 is 1.77 bits per heavy atom. The van der Waals surface area contributed by atoms with E-state index in [1.165, 1.54) is 11.1 Å². The summed E-state index contributed by atoms with van der Waals surface area (Å²) in [5, 5.41) is 9.56. The van der Waals surface area contributed by atoms with E-state index >= 15 is 0 Å². The zero-order chi connectivity index (χ0) is 15.5. The van der Waals surface area contributed by atoms with E-state index in [-0.39, 0.29) is 11.8 Å². The van der Waals surface area contributed by atoms with Crippen LogP contribution in [0.3, 0.4) is 0 Å². The van der Waals surface area contributed by atoms with Gasteiger partial charge in [0.05, 0.1) is 5.92 Å². The first-order valence-corrected chi connectivity index (χ1v) is 7.69. The third kappa shape index (κ3) is 3.20. The number of hydrogen-bond donors (Lipinski definition) is 1. The van der Waals surface area contributed by atoms with Crippen LogP contribution in [-0.4, -0.2) is 29.1 Å². The van der Waals surface area contributed by atoms with Crippen molar-refractivity contribution in [3.8, 4) is 0 Å². The van der Waals surface area contributed by atoms with E-state index in [0.29, 0.717) is 6.54 Å². The average Bonchev–Trinajstić information content (AvgIpc) is 2.93. The molecule has 2 aromatic carbocycles. The quantitative estimate of drug-likeness (QED) is 0.941. The van der Waals surface area contributed by atoms with Crippen molar-refractivity contribution >= 4 is 5.97 Å². The molecule has 0 saturated carbocycles. The van der Waals surface area contributed by atoms with Crippen LogP contribution in [0.2, 0.25) is 0 Å². The van der Waals surface area contributed by atoms with Crippen molar-refractivity contribution in [3.63, 3.8) is 0 Å². The Labute approximate surface area is 131 Å². The third-order valence-electron chi connectivity index (χ3n) is 4.47. The number of carboxylic acids is 1. The summed E-state index contributed by atoms with van der Waals surface area (Å²) in [6.07, 6.45) is 0. The molecule has 0 radical (unpaired) electrons. The van der Waals surface area contributed by atoms with Gasteiger partial charge in [-0.2, -0.15) is 0 Å². The van der Waals surface area contributed by atoms with E-state index in [2.05, 4.69) is 48.2 Å². The molecule has 1 fully saturated rings. The molecule has 3 heteroatoms. The lowest BCUT2D eigenvalue weighted by Crippen LogP contribution is -2.23. The first-order chi connectivity index (χ1) is 10.6. The van der Waals surface area contributed by atoms with Crippen molar-refractivity contribution in [3.05, 3.63) is 71.3 Å². The Kier molecular flexibility index (Phi) is 4.25. The molecule has 1 aliphatic rings. The maximum absolute atomic E-state index is 11.6. The van der Waals surface area contributed by atoms with E-state index in [4.69, 9.17) is 0 Å². The molecule has 0 aromatic heterocycles. The van der Waals surface area contributed by atoms with Crippen molar-refractivity contribution in [1.82, 2.24) is 4.90 Å². The monoisotopic (exact) mass is 295 g/mol. The van der Waals surface area contributed by atoms with E-state index in [1.807, 2.05) is 18.2 Å². The predicted octanol–water partition coefficient (Wildman–Crippen LogP) is 3.30. The van der Waals surface area contributed by atoms with Crippen LogP contribution in [0.25, 0.3) is 0 Å². The number of carbonyl (C=O) groups is 1. The Morgan fingerprint density at radius 1 is 1.09 bits per heavy atom. The molecule has 0 aliphatic carbocycles. The summed E-state index contributed by atoms with van der Waals surface area (Å²) in [4.78, 5) is 13.9. The van der Waals surface area contributed by atoms with Crippen LogP contribution in [0.5, 0.6) is 0 Å². The summed E-state index contributed by atoms with van der Waals surface area (Å²) < 4.78 is 0. The number of aliphatic carboxylic acids is 1. The molecule has 1 heterocycles. The molecule has 22 heavy (non-hydrogen) atoms. The van der Waals surface area contributed by atoms with Crippen LogP contribution in [0, 0.1) is 12.8 Å². The SMILES string of the molecule is Cc1ccc(C2CN(Cc3ccccc3)C[C@H]2C(=O)O)cc1. The van der Waals surface area contributed by atoms with E-state index in [1.54, 1.807) is 0 Å². The van der Waals surface area contributed by atoms with Crippen molar-refractivity contribution < 1.29 is 9.90 Å². The largest absolute Gasteiger partial charge is 0.481 e. The lowest BCUT2D eigenvalue weighted by atomic mass is 9.89. The number of aryl methyl sites for hydroxylation is 1. The van der Waals surface area contributed by atoms with Crippen LogP contribution in [0.15, 0.2) is 54.6 Å². The average molecular weight is 295 g/mol. The second kappa shape index (κ2) is 6.32. The predicted molar refractivity (Wildman–Crippen MR) is 86.8 cm³/mol. The smallest absolute Gasteiger partial charge is 0.308 e. The highest BCUT2D eigenvalue weighted by Gasteiger charge is 2.38. The molecule has 3 nitrogen and oxygen atoms in total. The van der Waals surface area contributed by atoms with Gasteiger partial charge in [-0.1, -0.05) is 60.2 Å². The Morgan fingerprint density at radius 3 is 2.41 bits per heavy atom.